The zero-order valence-electron chi connectivity index (χ0n) is 7.08. The average molecular weight is 204 g/mol. The van der Waals surface area contributed by atoms with E-state index in [9.17, 15) is 5.11 Å². The number of rotatable bonds is 3. The molecule has 0 saturated carbocycles. The van der Waals surface area contributed by atoms with Gasteiger partial charge in [-0.2, -0.15) is 0 Å². The zero-order valence-corrected chi connectivity index (χ0v) is 7.84. The van der Waals surface area contributed by atoms with Crippen molar-refractivity contribution in [1.29, 1.82) is 0 Å². The Kier molecular flexibility index (Phi) is 3.36. The van der Waals surface area contributed by atoms with Gasteiger partial charge in [0, 0.05) is 11.6 Å². The molecule has 0 radical (unpaired) electrons. The smallest absolute Gasteiger partial charge is 0.140 e. The van der Waals surface area contributed by atoms with Gasteiger partial charge < -0.3 is 9.84 Å². The van der Waals surface area contributed by atoms with Crippen molar-refractivity contribution in [2.75, 3.05) is 7.11 Å². The van der Waals surface area contributed by atoms with E-state index in [0.29, 0.717) is 11.3 Å². The Morgan fingerprint density at radius 1 is 1.54 bits per heavy atom. The summed E-state index contributed by atoms with van der Waals surface area (Å²) in [5, 5.41) is 9.64. The highest BCUT2D eigenvalue weighted by Gasteiger charge is 2.08. The SMILES string of the molecule is COc1cc(Cl)c(O)c(CON)c1. The van der Waals surface area contributed by atoms with Gasteiger partial charge in [0.1, 0.15) is 11.5 Å². The van der Waals surface area contributed by atoms with E-state index in [-0.39, 0.29) is 17.4 Å². The van der Waals surface area contributed by atoms with Crippen LogP contribution in [-0.2, 0) is 11.4 Å². The molecule has 3 N–H and O–H groups in total. The monoisotopic (exact) mass is 203 g/mol. The number of phenols is 1. The molecule has 0 aromatic heterocycles. The first-order valence-corrected chi connectivity index (χ1v) is 3.94. The number of phenolic OH excluding ortho intramolecular Hbond substituents is 1. The van der Waals surface area contributed by atoms with Crippen LogP contribution in [0.2, 0.25) is 5.02 Å². The molecule has 1 aromatic carbocycles. The van der Waals surface area contributed by atoms with Crippen LogP contribution in [0.1, 0.15) is 5.56 Å². The van der Waals surface area contributed by atoms with Crippen LogP contribution in [-0.4, -0.2) is 12.2 Å². The largest absolute Gasteiger partial charge is 0.506 e. The van der Waals surface area contributed by atoms with Gasteiger partial charge in [0.15, 0.2) is 0 Å². The molecular weight excluding hydrogens is 194 g/mol. The number of hydrogen-bond donors (Lipinski definition) is 2. The normalized spacial score (nSPS) is 10.1. The Morgan fingerprint density at radius 2 is 2.23 bits per heavy atom. The topological polar surface area (TPSA) is 64.7 Å². The first-order valence-electron chi connectivity index (χ1n) is 3.56. The van der Waals surface area contributed by atoms with E-state index in [1.165, 1.54) is 13.2 Å². The van der Waals surface area contributed by atoms with E-state index in [1.807, 2.05) is 0 Å². The second-order valence-electron chi connectivity index (χ2n) is 2.43. The van der Waals surface area contributed by atoms with Crippen molar-refractivity contribution in [3.8, 4) is 11.5 Å². The fourth-order valence-electron chi connectivity index (χ4n) is 0.946. The molecule has 1 rings (SSSR count). The molecule has 0 spiro atoms. The Bertz CT molecular complexity index is 304. The highest BCUT2D eigenvalue weighted by Crippen LogP contribution is 2.32. The summed E-state index contributed by atoms with van der Waals surface area (Å²) in [5.74, 6) is 5.39. The fraction of sp³-hybridized carbons (Fsp3) is 0.250. The highest BCUT2D eigenvalue weighted by atomic mass is 35.5. The molecule has 0 aliphatic heterocycles. The van der Waals surface area contributed by atoms with Gasteiger partial charge in [-0.05, 0) is 6.07 Å². The minimum absolute atomic E-state index is 0.0343. The lowest BCUT2D eigenvalue weighted by Crippen LogP contribution is -1.99. The van der Waals surface area contributed by atoms with Crippen molar-refractivity contribution < 1.29 is 14.7 Å². The molecule has 4 nitrogen and oxygen atoms in total. The average Bonchev–Trinajstić information content (AvgIpc) is 2.13. The summed E-state index contributed by atoms with van der Waals surface area (Å²) in [6, 6.07) is 3.12. The lowest BCUT2D eigenvalue weighted by molar-refractivity contribution is 0.122. The number of nitrogens with two attached hydrogens (primary N) is 1. The summed E-state index contributed by atoms with van der Waals surface area (Å²) in [5.41, 5.74) is 0.492. The van der Waals surface area contributed by atoms with Crippen molar-refractivity contribution in [2.24, 2.45) is 5.90 Å². The van der Waals surface area contributed by atoms with Crippen LogP contribution in [0.4, 0.5) is 0 Å². The second kappa shape index (κ2) is 4.32. The van der Waals surface area contributed by atoms with Crippen LogP contribution < -0.4 is 10.6 Å². The minimum atomic E-state index is -0.0343. The van der Waals surface area contributed by atoms with Gasteiger partial charge in [-0.1, -0.05) is 11.6 Å². The summed E-state index contributed by atoms with van der Waals surface area (Å²) in [6.45, 7) is 0.0861. The van der Waals surface area contributed by atoms with Crippen molar-refractivity contribution in [2.45, 2.75) is 6.61 Å². The third kappa shape index (κ3) is 2.24. The predicted molar refractivity (Wildman–Crippen MR) is 48.6 cm³/mol. The molecule has 0 saturated heterocycles. The Morgan fingerprint density at radius 3 is 2.77 bits per heavy atom. The summed E-state index contributed by atoms with van der Waals surface area (Å²) in [7, 11) is 1.51. The lowest BCUT2D eigenvalue weighted by atomic mass is 10.2. The van der Waals surface area contributed by atoms with Crippen LogP contribution in [0.15, 0.2) is 12.1 Å². The Balaban J connectivity index is 3.09. The predicted octanol–water partition coefficient (Wildman–Crippen LogP) is 1.44. The third-order valence-corrected chi connectivity index (χ3v) is 1.88. The summed E-state index contributed by atoms with van der Waals surface area (Å²) < 4.78 is 4.95. The number of ether oxygens (including phenoxy) is 1. The molecule has 0 atom stereocenters. The minimum Gasteiger partial charge on any atom is -0.506 e. The van der Waals surface area contributed by atoms with E-state index >= 15 is 0 Å². The molecule has 13 heavy (non-hydrogen) atoms. The van der Waals surface area contributed by atoms with Gasteiger partial charge >= 0.3 is 0 Å². The molecule has 0 unspecified atom stereocenters. The van der Waals surface area contributed by atoms with Crippen LogP contribution in [0.25, 0.3) is 0 Å². The number of aromatic hydroxyl groups is 1. The number of halogens is 1. The Labute approximate surface area is 80.8 Å². The molecule has 0 aliphatic carbocycles. The van der Waals surface area contributed by atoms with E-state index in [1.54, 1.807) is 6.07 Å². The quantitative estimate of drug-likeness (QED) is 0.730. The van der Waals surface area contributed by atoms with E-state index in [4.69, 9.17) is 22.2 Å². The first-order chi connectivity index (χ1) is 6.19. The van der Waals surface area contributed by atoms with Gasteiger partial charge in [-0.15, -0.1) is 0 Å². The molecule has 1 aromatic rings. The van der Waals surface area contributed by atoms with Crippen LogP contribution in [0.5, 0.6) is 11.5 Å². The summed E-state index contributed by atoms with van der Waals surface area (Å²) in [6.07, 6.45) is 0. The van der Waals surface area contributed by atoms with Crippen molar-refractivity contribution in [3.05, 3.63) is 22.7 Å². The lowest BCUT2D eigenvalue weighted by Gasteiger charge is -2.07. The van der Waals surface area contributed by atoms with Gasteiger partial charge in [0.05, 0.1) is 18.7 Å². The molecule has 0 fully saturated rings. The maximum absolute atomic E-state index is 9.43. The van der Waals surface area contributed by atoms with Crippen molar-refractivity contribution >= 4 is 11.6 Å². The fourth-order valence-corrected chi connectivity index (χ4v) is 1.17. The van der Waals surface area contributed by atoms with E-state index < -0.39 is 0 Å². The second-order valence-corrected chi connectivity index (χ2v) is 2.84. The molecular formula is C8H10ClNO3. The van der Waals surface area contributed by atoms with Crippen molar-refractivity contribution in [1.82, 2.24) is 0 Å². The van der Waals surface area contributed by atoms with Crippen LogP contribution in [0, 0.1) is 0 Å². The van der Waals surface area contributed by atoms with Crippen molar-refractivity contribution in [3.63, 3.8) is 0 Å². The number of hydrogen-bond acceptors (Lipinski definition) is 4. The maximum atomic E-state index is 9.43. The molecule has 5 heteroatoms. The van der Waals surface area contributed by atoms with Gasteiger partial charge in [0.2, 0.25) is 0 Å². The number of methoxy groups -OCH3 is 1. The van der Waals surface area contributed by atoms with E-state index in [0.717, 1.165) is 0 Å². The zero-order chi connectivity index (χ0) is 9.84. The van der Waals surface area contributed by atoms with E-state index in [2.05, 4.69) is 4.84 Å². The Hall–Kier alpha value is -0.970. The molecule has 0 bridgehead atoms. The summed E-state index contributed by atoms with van der Waals surface area (Å²) >= 11 is 5.71. The van der Waals surface area contributed by atoms with Crippen LogP contribution in [0.3, 0.4) is 0 Å². The van der Waals surface area contributed by atoms with Gasteiger partial charge in [-0.3, -0.25) is 4.84 Å². The first kappa shape index (κ1) is 10.1. The van der Waals surface area contributed by atoms with Gasteiger partial charge in [0.25, 0.3) is 0 Å². The molecule has 0 heterocycles. The molecule has 0 amide bonds. The molecule has 0 aliphatic rings. The number of benzene rings is 1. The third-order valence-electron chi connectivity index (χ3n) is 1.59. The molecule has 72 valence electrons. The standard InChI is InChI=1S/C8H10ClNO3/c1-12-6-2-5(4-13-10)8(11)7(9)3-6/h2-3,11H,4,10H2,1H3. The van der Waals surface area contributed by atoms with Crippen LogP contribution >= 0.6 is 11.6 Å². The highest BCUT2D eigenvalue weighted by molar-refractivity contribution is 6.32. The summed E-state index contributed by atoms with van der Waals surface area (Å²) in [4.78, 5) is 4.39. The van der Waals surface area contributed by atoms with Gasteiger partial charge in [-0.25, -0.2) is 5.90 Å². The maximum Gasteiger partial charge on any atom is 0.140 e.